The number of anilines is 1. The van der Waals surface area contributed by atoms with Gasteiger partial charge in [-0.05, 0) is 49.4 Å². The van der Waals surface area contributed by atoms with Crippen LogP contribution in [0, 0.1) is 19.8 Å². The number of carbonyl (C=O) groups is 2. The molecule has 2 aromatic rings. The Balaban J connectivity index is 1.96. The van der Waals surface area contributed by atoms with E-state index in [2.05, 4.69) is 5.32 Å². The fraction of sp³-hybridized carbons (Fsp3) is 0.294. The largest absolute Gasteiger partial charge is 0.477 e. The lowest BCUT2D eigenvalue weighted by molar-refractivity contribution is -0.117. The second kappa shape index (κ2) is 5.57. The SMILES string of the molecule is Cc1ccc(-c2cc(NC(=O)C3CC3)c(C(=O)O)s2)cc1C. The van der Waals surface area contributed by atoms with E-state index in [9.17, 15) is 14.7 Å². The number of nitrogens with one attached hydrogen (secondary N) is 1. The molecule has 1 aliphatic rings. The van der Waals surface area contributed by atoms with Gasteiger partial charge in [0.15, 0.2) is 0 Å². The average molecular weight is 315 g/mol. The molecule has 1 aromatic heterocycles. The first-order chi connectivity index (χ1) is 10.5. The molecule has 1 aliphatic carbocycles. The molecule has 0 aliphatic heterocycles. The number of amides is 1. The highest BCUT2D eigenvalue weighted by Gasteiger charge is 2.31. The van der Waals surface area contributed by atoms with Gasteiger partial charge in [0.05, 0.1) is 5.69 Å². The summed E-state index contributed by atoms with van der Waals surface area (Å²) in [6.07, 6.45) is 1.78. The van der Waals surface area contributed by atoms with Gasteiger partial charge in [-0.2, -0.15) is 0 Å². The van der Waals surface area contributed by atoms with E-state index in [0.717, 1.165) is 28.8 Å². The molecule has 3 rings (SSSR count). The Morgan fingerprint density at radius 2 is 1.91 bits per heavy atom. The highest BCUT2D eigenvalue weighted by molar-refractivity contribution is 7.18. The molecule has 22 heavy (non-hydrogen) atoms. The molecule has 0 radical (unpaired) electrons. The molecule has 1 amide bonds. The zero-order chi connectivity index (χ0) is 15.9. The van der Waals surface area contributed by atoms with Gasteiger partial charge < -0.3 is 10.4 Å². The topological polar surface area (TPSA) is 66.4 Å². The van der Waals surface area contributed by atoms with Gasteiger partial charge in [0.25, 0.3) is 0 Å². The van der Waals surface area contributed by atoms with Crippen LogP contribution in [0.4, 0.5) is 5.69 Å². The Hall–Kier alpha value is -2.14. The van der Waals surface area contributed by atoms with Crippen molar-refractivity contribution >= 4 is 28.9 Å². The summed E-state index contributed by atoms with van der Waals surface area (Å²) in [6.45, 7) is 4.07. The molecular formula is C17H17NO3S. The molecule has 114 valence electrons. The van der Waals surface area contributed by atoms with E-state index >= 15 is 0 Å². The van der Waals surface area contributed by atoms with Gasteiger partial charge in [0.1, 0.15) is 4.88 Å². The van der Waals surface area contributed by atoms with Crippen molar-refractivity contribution in [3.05, 3.63) is 40.3 Å². The minimum atomic E-state index is -1.01. The number of benzene rings is 1. The molecule has 2 N–H and O–H groups in total. The molecule has 1 fully saturated rings. The minimum absolute atomic E-state index is 0.0478. The van der Waals surface area contributed by atoms with Crippen molar-refractivity contribution in [2.75, 3.05) is 5.32 Å². The van der Waals surface area contributed by atoms with E-state index in [-0.39, 0.29) is 16.7 Å². The van der Waals surface area contributed by atoms with E-state index in [1.54, 1.807) is 6.07 Å². The lowest BCUT2D eigenvalue weighted by Crippen LogP contribution is -2.14. The third kappa shape index (κ3) is 2.90. The molecule has 1 heterocycles. The smallest absolute Gasteiger partial charge is 0.348 e. The second-order valence-electron chi connectivity index (χ2n) is 5.72. The zero-order valence-electron chi connectivity index (χ0n) is 12.5. The number of hydrogen-bond acceptors (Lipinski definition) is 3. The molecule has 5 heteroatoms. The fourth-order valence-corrected chi connectivity index (χ4v) is 3.21. The molecule has 4 nitrogen and oxygen atoms in total. The molecule has 1 aromatic carbocycles. The van der Waals surface area contributed by atoms with Crippen LogP contribution in [0.5, 0.6) is 0 Å². The highest BCUT2D eigenvalue weighted by Crippen LogP contribution is 2.37. The van der Waals surface area contributed by atoms with Crippen LogP contribution >= 0.6 is 11.3 Å². The Morgan fingerprint density at radius 1 is 1.18 bits per heavy atom. The lowest BCUT2D eigenvalue weighted by Gasteiger charge is -2.03. The van der Waals surface area contributed by atoms with E-state index < -0.39 is 5.97 Å². The summed E-state index contributed by atoms with van der Waals surface area (Å²) in [6, 6.07) is 7.80. The van der Waals surface area contributed by atoms with E-state index in [4.69, 9.17) is 0 Å². The highest BCUT2D eigenvalue weighted by atomic mass is 32.1. The summed E-state index contributed by atoms with van der Waals surface area (Å²) in [4.78, 5) is 24.3. The number of rotatable bonds is 4. The van der Waals surface area contributed by atoms with Crippen molar-refractivity contribution in [1.29, 1.82) is 0 Å². The van der Waals surface area contributed by atoms with Crippen LogP contribution in [0.25, 0.3) is 10.4 Å². The summed E-state index contributed by atoms with van der Waals surface area (Å²) >= 11 is 1.20. The summed E-state index contributed by atoms with van der Waals surface area (Å²) < 4.78 is 0. The summed E-state index contributed by atoms with van der Waals surface area (Å²) in [5.74, 6) is -1.04. The van der Waals surface area contributed by atoms with Crippen LogP contribution in [0.2, 0.25) is 0 Å². The van der Waals surface area contributed by atoms with Crippen molar-refractivity contribution < 1.29 is 14.7 Å². The fourth-order valence-electron chi connectivity index (χ4n) is 2.26. The van der Waals surface area contributed by atoms with Crippen molar-refractivity contribution in [2.24, 2.45) is 5.92 Å². The van der Waals surface area contributed by atoms with Gasteiger partial charge in [-0.25, -0.2) is 4.79 Å². The monoisotopic (exact) mass is 315 g/mol. The normalized spacial score (nSPS) is 13.9. The summed E-state index contributed by atoms with van der Waals surface area (Å²) in [5, 5.41) is 12.1. The van der Waals surface area contributed by atoms with Crippen LogP contribution in [0.3, 0.4) is 0 Å². The van der Waals surface area contributed by atoms with Gasteiger partial charge in [0, 0.05) is 10.8 Å². The Kier molecular flexibility index (Phi) is 3.74. The quantitative estimate of drug-likeness (QED) is 0.893. The van der Waals surface area contributed by atoms with E-state index in [1.807, 2.05) is 32.0 Å². The van der Waals surface area contributed by atoms with Gasteiger partial charge in [-0.3, -0.25) is 4.79 Å². The van der Waals surface area contributed by atoms with Crippen LogP contribution in [-0.2, 0) is 4.79 Å². The number of thiophene rings is 1. The lowest BCUT2D eigenvalue weighted by atomic mass is 10.1. The van der Waals surface area contributed by atoms with Crippen LogP contribution in [0.1, 0.15) is 33.6 Å². The standard InChI is InChI=1S/C17H17NO3S/c1-9-3-4-12(7-10(9)2)14-8-13(15(22-14)17(20)21)18-16(19)11-5-6-11/h3-4,7-8,11H,5-6H2,1-2H3,(H,18,19)(H,20,21). The maximum atomic E-state index is 11.9. The van der Waals surface area contributed by atoms with Crippen LogP contribution < -0.4 is 5.32 Å². The van der Waals surface area contributed by atoms with Crippen molar-refractivity contribution in [1.82, 2.24) is 0 Å². The van der Waals surface area contributed by atoms with Gasteiger partial charge in [-0.15, -0.1) is 11.3 Å². The number of carbonyl (C=O) groups excluding carboxylic acids is 1. The maximum absolute atomic E-state index is 11.9. The molecule has 0 unspecified atom stereocenters. The molecule has 0 saturated heterocycles. The van der Waals surface area contributed by atoms with Crippen LogP contribution in [-0.4, -0.2) is 17.0 Å². The number of aryl methyl sites for hydroxylation is 2. The van der Waals surface area contributed by atoms with Crippen molar-refractivity contribution in [3.8, 4) is 10.4 Å². The zero-order valence-corrected chi connectivity index (χ0v) is 13.3. The number of carboxylic acid groups (broad SMARTS) is 1. The van der Waals surface area contributed by atoms with Crippen LogP contribution in [0.15, 0.2) is 24.3 Å². The Bertz CT molecular complexity index is 759. The average Bonchev–Trinajstić information content (AvgIpc) is 3.23. The molecular weight excluding hydrogens is 298 g/mol. The molecule has 0 spiro atoms. The number of carboxylic acids is 1. The first-order valence-electron chi connectivity index (χ1n) is 7.21. The van der Waals surface area contributed by atoms with Crippen molar-refractivity contribution in [3.63, 3.8) is 0 Å². The first-order valence-corrected chi connectivity index (χ1v) is 8.03. The molecule has 0 bridgehead atoms. The summed E-state index contributed by atoms with van der Waals surface area (Å²) in [5.41, 5.74) is 3.73. The second-order valence-corrected chi connectivity index (χ2v) is 6.77. The van der Waals surface area contributed by atoms with E-state index in [1.165, 1.54) is 16.9 Å². The maximum Gasteiger partial charge on any atom is 0.348 e. The minimum Gasteiger partial charge on any atom is -0.477 e. The molecule has 0 atom stereocenters. The predicted octanol–water partition coefficient (Wildman–Crippen LogP) is 4.08. The predicted molar refractivity (Wildman–Crippen MR) is 87.5 cm³/mol. The number of hydrogen-bond donors (Lipinski definition) is 2. The third-order valence-electron chi connectivity index (χ3n) is 3.92. The first kappa shape index (κ1) is 14.8. The third-order valence-corrected chi connectivity index (χ3v) is 5.10. The van der Waals surface area contributed by atoms with Gasteiger partial charge >= 0.3 is 5.97 Å². The number of aromatic carboxylic acids is 1. The molecule has 1 saturated carbocycles. The Morgan fingerprint density at radius 3 is 2.50 bits per heavy atom. The van der Waals surface area contributed by atoms with Gasteiger partial charge in [-0.1, -0.05) is 18.2 Å². The van der Waals surface area contributed by atoms with Crippen molar-refractivity contribution in [2.45, 2.75) is 26.7 Å². The Labute approximate surface area is 132 Å². The van der Waals surface area contributed by atoms with E-state index in [0.29, 0.717) is 5.69 Å². The van der Waals surface area contributed by atoms with Gasteiger partial charge in [0.2, 0.25) is 5.91 Å². The summed E-state index contributed by atoms with van der Waals surface area (Å²) in [7, 11) is 0.